The fraction of sp³-hybridized carbons (Fsp3) is 0.231. The fourth-order valence-electron chi connectivity index (χ4n) is 1.80. The number of aromatic nitrogens is 2. The lowest BCUT2D eigenvalue weighted by Gasteiger charge is -2.16. The summed E-state index contributed by atoms with van der Waals surface area (Å²) in [5.41, 5.74) is 1.17. The number of likely N-dealkylation sites (N-methyl/N-ethyl adjacent to an activating group) is 1. The van der Waals surface area contributed by atoms with E-state index in [2.05, 4.69) is 15.3 Å². The molecule has 1 heterocycles. The zero-order valence-electron chi connectivity index (χ0n) is 9.90. The van der Waals surface area contributed by atoms with Gasteiger partial charge in [0, 0.05) is 24.0 Å². The molecule has 0 aliphatic carbocycles. The predicted octanol–water partition coefficient (Wildman–Crippen LogP) is 2.26. The minimum atomic E-state index is -0.827. The molecule has 94 valence electrons. The maximum atomic E-state index is 13.6. The Labute approximate surface area is 104 Å². The number of halogens is 2. The Morgan fingerprint density at radius 3 is 2.61 bits per heavy atom. The highest BCUT2D eigenvalue weighted by molar-refractivity contribution is 5.22. The molecular formula is C13H13F2N3. The first-order valence-electron chi connectivity index (χ1n) is 5.57. The molecule has 1 aromatic carbocycles. The molecule has 0 saturated carbocycles. The predicted molar refractivity (Wildman–Crippen MR) is 63.9 cm³/mol. The number of nitrogens with zero attached hydrogens (tertiary/aromatic N) is 2. The molecule has 1 unspecified atom stereocenters. The zero-order valence-corrected chi connectivity index (χ0v) is 9.90. The molecule has 2 rings (SSSR count). The van der Waals surface area contributed by atoms with Crippen LogP contribution in [-0.2, 0) is 6.42 Å². The highest BCUT2D eigenvalue weighted by Crippen LogP contribution is 2.20. The third-order valence-electron chi connectivity index (χ3n) is 2.79. The van der Waals surface area contributed by atoms with Crippen molar-refractivity contribution in [1.82, 2.24) is 15.3 Å². The van der Waals surface area contributed by atoms with E-state index in [1.54, 1.807) is 25.5 Å². The van der Waals surface area contributed by atoms with Crippen LogP contribution >= 0.6 is 0 Å². The Morgan fingerprint density at radius 2 is 1.94 bits per heavy atom. The Morgan fingerprint density at radius 1 is 1.22 bits per heavy atom. The highest BCUT2D eigenvalue weighted by atomic mass is 19.2. The first kappa shape index (κ1) is 12.6. The van der Waals surface area contributed by atoms with Crippen molar-refractivity contribution in [2.24, 2.45) is 0 Å². The van der Waals surface area contributed by atoms with Gasteiger partial charge in [-0.1, -0.05) is 12.1 Å². The lowest BCUT2D eigenvalue weighted by atomic mass is 10.0. The second-order valence-electron chi connectivity index (χ2n) is 3.93. The smallest absolute Gasteiger partial charge is 0.162 e. The Bertz CT molecular complexity index is 517. The summed E-state index contributed by atoms with van der Waals surface area (Å²) in [5, 5.41) is 3.04. The number of hydrogen-bond donors (Lipinski definition) is 1. The van der Waals surface area contributed by atoms with Gasteiger partial charge in [0.2, 0.25) is 0 Å². The average Bonchev–Trinajstić information content (AvgIpc) is 2.41. The van der Waals surface area contributed by atoms with E-state index in [-0.39, 0.29) is 6.04 Å². The molecule has 0 fully saturated rings. The monoisotopic (exact) mass is 249 g/mol. The van der Waals surface area contributed by atoms with Gasteiger partial charge in [-0.05, 0) is 25.1 Å². The van der Waals surface area contributed by atoms with Crippen LogP contribution in [0.25, 0.3) is 0 Å². The van der Waals surface area contributed by atoms with Crippen LogP contribution in [0.3, 0.4) is 0 Å². The van der Waals surface area contributed by atoms with E-state index < -0.39 is 11.6 Å². The summed E-state index contributed by atoms with van der Waals surface area (Å²) < 4.78 is 26.7. The van der Waals surface area contributed by atoms with Crippen LogP contribution in [0.2, 0.25) is 0 Å². The number of rotatable bonds is 4. The third kappa shape index (κ3) is 2.68. The second kappa shape index (κ2) is 5.64. The Balaban J connectivity index is 2.24. The molecule has 1 N–H and O–H groups in total. The normalized spacial score (nSPS) is 12.4. The SMILES string of the molecule is CNC(Cc1cccc(F)c1F)c1cncnc1. The van der Waals surface area contributed by atoms with Crippen molar-refractivity contribution in [2.75, 3.05) is 7.05 Å². The van der Waals surface area contributed by atoms with Gasteiger partial charge in [0.05, 0.1) is 0 Å². The summed E-state index contributed by atoms with van der Waals surface area (Å²) in [6.45, 7) is 0. The van der Waals surface area contributed by atoms with E-state index in [0.717, 1.165) is 11.6 Å². The molecule has 2 aromatic rings. The molecule has 0 aliphatic rings. The lowest BCUT2D eigenvalue weighted by molar-refractivity contribution is 0.486. The summed E-state index contributed by atoms with van der Waals surface area (Å²) in [4.78, 5) is 7.83. The van der Waals surface area contributed by atoms with Crippen molar-refractivity contribution in [2.45, 2.75) is 12.5 Å². The van der Waals surface area contributed by atoms with Crippen molar-refractivity contribution in [3.8, 4) is 0 Å². The van der Waals surface area contributed by atoms with Crippen LogP contribution in [0.1, 0.15) is 17.2 Å². The highest BCUT2D eigenvalue weighted by Gasteiger charge is 2.15. The number of hydrogen-bond acceptors (Lipinski definition) is 3. The van der Waals surface area contributed by atoms with E-state index in [4.69, 9.17) is 0 Å². The molecule has 0 saturated heterocycles. The van der Waals surface area contributed by atoms with Gasteiger partial charge in [-0.25, -0.2) is 18.7 Å². The summed E-state index contributed by atoms with van der Waals surface area (Å²) >= 11 is 0. The molecule has 0 amide bonds. The van der Waals surface area contributed by atoms with Crippen LogP contribution in [0, 0.1) is 11.6 Å². The average molecular weight is 249 g/mol. The Kier molecular flexibility index (Phi) is 3.94. The molecule has 3 nitrogen and oxygen atoms in total. The molecule has 0 spiro atoms. The van der Waals surface area contributed by atoms with Crippen molar-refractivity contribution >= 4 is 0 Å². The van der Waals surface area contributed by atoms with E-state index in [0.29, 0.717) is 12.0 Å². The molecule has 0 aliphatic heterocycles. The molecule has 1 atom stereocenters. The first-order chi connectivity index (χ1) is 8.72. The second-order valence-corrected chi connectivity index (χ2v) is 3.93. The molecular weight excluding hydrogens is 236 g/mol. The minimum Gasteiger partial charge on any atom is -0.313 e. The lowest BCUT2D eigenvalue weighted by Crippen LogP contribution is -2.20. The third-order valence-corrected chi connectivity index (χ3v) is 2.79. The largest absolute Gasteiger partial charge is 0.313 e. The zero-order chi connectivity index (χ0) is 13.0. The van der Waals surface area contributed by atoms with Crippen molar-refractivity contribution < 1.29 is 8.78 Å². The van der Waals surface area contributed by atoms with Crippen LogP contribution in [-0.4, -0.2) is 17.0 Å². The number of nitrogens with one attached hydrogen (secondary N) is 1. The van der Waals surface area contributed by atoms with Gasteiger partial charge in [0.25, 0.3) is 0 Å². The van der Waals surface area contributed by atoms with Crippen LogP contribution in [0.15, 0.2) is 36.9 Å². The maximum absolute atomic E-state index is 13.6. The fourth-order valence-corrected chi connectivity index (χ4v) is 1.80. The van der Waals surface area contributed by atoms with Gasteiger partial charge in [-0.3, -0.25) is 0 Å². The summed E-state index contributed by atoms with van der Waals surface area (Å²) in [6.07, 6.45) is 5.09. The van der Waals surface area contributed by atoms with Crippen molar-refractivity contribution in [3.63, 3.8) is 0 Å². The maximum Gasteiger partial charge on any atom is 0.162 e. The quantitative estimate of drug-likeness (QED) is 0.903. The molecule has 18 heavy (non-hydrogen) atoms. The van der Waals surface area contributed by atoms with E-state index in [1.165, 1.54) is 12.4 Å². The molecule has 5 heteroatoms. The summed E-state index contributed by atoms with van der Waals surface area (Å²) in [7, 11) is 1.76. The van der Waals surface area contributed by atoms with Gasteiger partial charge < -0.3 is 5.32 Å². The van der Waals surface area contributed by atoms with Gasteiger partial charge >= 0.3 is 0 Å². The van der Waals surface area contributed by atoms with Crippen molar-refractivity contribution in [1.29, 1.82) is 0 Å². The van der Waals surface area contributed by atoms with E-state index >= 15 is 0 Å². The molecule has 0 radical (unpaired) electrons. The van der Waals surface area contributed by atoms with Gasteiger partial charge in [0.1, 0.15) is 6.33 Å². The molecule has 0 bridgehead atoms. The van der Waals surface area contributed by atoms with Crippen molar-refractivity contribution in [3.05, 3.63) is 59.7 Å². The van der Waals surface area contributed by atoms with Gasteiger partial charge in [0.15, 0.2) is 11.6 Å². The van der Waals surface area contributed by atoms with E-state index in [9.17, 15) is 8.78 Å². The topological polar surface area (TPSA) is 37.8 Å². The van der Waals surface area contributed by atoms with E-state index in [1.807, 2.05) is 0 Å². The summed E-state index contributed by atoms with van der Waals surface area (Å²) in [6, 6.07) is 4.04. The van der Waals surface area contributed by atoms with Gasteiger partial charge in [-0.2, -0.15) is 0 Å². The number of benzene rings is 1. The minimum absolute atomic E-state index is 0.150. The standard InChI is InChI=1S/C13H13F2N3/c1-16-12(10-6-17-8-18-7-10)5-9-3-2-4-11(14)13(9)15/h2-4,6-8,12,16H,5H2,1H3. The Hall–Kier alpha value is -1.88. The van der Waals surface area contributed by atoms with Crippen LogP contribution in [0.5, 0.6) is 0 Å². The van der Waals surface area contributed by atoms with Gasteiger partial charge in [-0.15, -0.1) is 0 Å². The van der Waals surface area contributed by atoms with Crippen LogP contribution in [0.4, 0.5) is 8.78 Å². The summed E-state index contributed by atoms with van der Waals surface area (Å²) in [5.74, 6) is -1.62. The first-order valence-corrected chi connectivity index (χ1v) is 5.57. The van der Waals surface area contributed by atoms with Crippen LogP contribution < -0.4 is 5.32 Å². The molecule has 1 aromatic heterocycles.